The zero-order chi connectivity index (χ0) is 24.6. The average Bonchev–Trinajstić information content (AvgIpc) is 2.72. The molecule has 12 heteroatoms. The predicted octanol–water partition coefficient (Wildman–Crippen LogP) is 6.90. The number of rotatable bonds is 8. The molecule has 0 saturated heterocycles. The molecule has 2 aromatic carbocycles. The number of alkyl halides is 4. The van der Waals surface area contributed by atoms with Gasteiger partial charge in [0.1, 0.15) is 22.6 Å². The van der Waals surface area contributed by atoms with Crippen LogP contribution in [0.5, 0.6) is 11.5 Å². The Bertz CT molecular complexity index is 946. The van der Waals surface area contributed by atoms with Crippen molar-refractivity contribution in [2.75, 3.05) is 0 Å². The van der Waals surface area contributed by atoms with Crippen molar-refractivity contribution in [1.29, 1.82) is 0 Å². The van der Waals surface area contributed by atoms with Gasteiger partial charge in [-0.1, -0.05) is 36.4 Å². The van der Waals surface area contributed by atoms with Crippen LogP contribution in [0.25, 0.3) is 0 Å². The largest absolute Gasteiger partial charge is 0.434 e. The topological polar surface area (TPSA) is 52.6 Å². The Morgan fingerprint density at radius 2 is 1.06 bits per heavy atom. The van der Waals surface area contributed by atoms with Gasteiger partial charge >= 0.3 is 13.2 Å². The molecule has 2 aromatic rings. The van der Waals surface area contributed by atoms with E-state index in [1.54, 1.807) is 0 Å². The lowest BCUT2D eigenvalue weighted by Crippen LogP contribution is -2.09. The molecule has 0 unspecified atom stereocenters. The standard InChI is InChI=1S/2C10H6ClF3O2/c2*1-2-6(15)8-7(16-10(13)14)4-3-5(11)9(8)12/h2*2-4,10H,1H2. The zero-order valence-electron chi connectivity index (χ0n) is 15.7. The van der Waals surface area contributed by atoms with Crippen LogP contribution in [0.15, 0.2) is 49.6 Å². The highest BCUT2D eigenvalue weighted by atomic mass is 35.5. The Morgan fingerprint density at radius 3 is 1.31 bits per heavy atom. The fraction of sp³-hybridized carbons (Fsp3) is 0.100. The van der Waals surface area contributed by atoms with Crippen LogP contribution in [0.2, 0.25) is 10.0 Å². The second-order valence-corrected chi connectivity index (χ2v) is 6.18. The average molecular weight is 501 g/mol. The van der Waals surface area contributed by atoms with Crippen molar-refractivity contribution in [2.24, 2.45) is 0 Å². The molecule has 0 heterocycles. The summed E-state index contributed by atoms with van der Waals surface area (Å²) >= 11 is 10.8. The van der Waals surface area contributed by atoms with Crippen LogP contribution in [0.3, 0.4) is 0 Å². The van der Waals surface area contributed by atoms with E-state index >= 15 is 0 Å². The molecular weight excluding hydrogens is 489 g/mol. The third-order valence-electron chi connectivity index (χ3n) is 3.41. The monoisotopic (exact) mass is 500 g/mol. The summed E-state index contributed by atoms with van der Waals surface area (Å²) in [5, 5.41) is -0.710. The van der Waals surface area contributed by atoms with Gasteiger partial charge in [-0.15, -0.1) is 0 Å². The summed E-state index contributed by atoms with van der Waals surface area (Å²) in [5.74, 6) is -5.11. The van der Waals surface area contributed by atoms with E-state index in [1.165, 1.54) is 0 Å². The summed E-state index contributed by atoms with van der Waals surface area (Å²) in [6, 6.07) is 4.03. The first-order chi connectivity index (χ1) is 14.9. The molecule has 4 nitrogen and oxygen atoms in total. The van der Waals surface area contributed by atoms with Gasteiger partial charge < -0.3 is 9.47 Å². The highest BCUT2D eigenvalue weighted by Gasteiger charge is 2.21. The van der Waals surface area contributed by atoms with Crippen LogP contribution >= 0.6 is 23.2 Å². The van der Waals surface area contributed by atoms with Crippen molar-refractivity contribution in [1.82, 2.24) is 0 Å². The van der Waals surface area contributed by atoms with Crippen molar-refractivity contribution in [3.63, 3.8) is 0 Å². The number of ketones is 2. The van der Waals surface area contributed by atoms with E-state index in [1.807, 2.05) is 0 Å². The lowest BCUT2D eigenvalue weighted by Gasteiger charge is -2.10. The molecule has 0 aliphatic carbocycles. The number of benzene rings is 2. The highest BCUT2D eigenvalue weighted by Crippen LogP contribution is 2.30. The van der Waals surface area contributed by atoms with E-state index in [-0.39, 0.29) is 10.0 Å². The van der Waals surface area contributed by atoms with E-state index in [2.05, 4.69) is 22.6 Å². The maximum absolute atomic E-state index is 13.4. The van der Waals surface area contributed by atoms with Gasteiger partial charge in [-0.2, -0.15) is 17.6 Å². The molecule has 0 aliphatic rings. The molecule has 0 aromatic heterocycles. The number of halogens is 8. The molecule has 2 rings (SSSR count). The summed E-state index contributed by atoms with van der Waals surface area (Å²) in [7, 11) is 0. The minimum atomic E-state index is -3.16. The minimum absolute atomic E-state index is 0.355. The second kappa shape index (κ2) is 12.2. The Hall–Kier alpha value is -2.98. The first kappa shape index (κ1) is 27.1. The van der Waals surface area contributed by atoms with Crippen LogP contribution in [0.1, 0.15) is 20.7 Å². The number of hydrogen-bond acceptors (Lipinski definition) is 4. The molecule has 0 amide bonds. The summed E-state index contributed by atoms with van der Waals surface area (Å²) in [4.78, 5) is 22.5. The summed E-state index contributed by atoms with van der Waals surface area (Å²) < 4.78 is 82.8. The third-order valence-corrected chi connectivity index (χ3v) is 3.99. The van der Waals surface area contributed by atoms with Crippen molar-refractivity contribution in [2.45, 2.75) is 13.2 Å². The van der Waals surface area contributed by atoms with E-state index in [0.717, 1.165) is 36.4 Å². The van der Waals surface area contributed by atoms with Gasteiger partial charge in [-0.25, -0.2) is 8.78 Å². The van der Waals surface area contributed by atoms with Crippen LogP contribution in [0.4, 0.5) is 26.3 Å². The molecule has 0 fully saturated rings. The maximum Gasteiger partial charge on any atom is 0.387 e. The Kier molecular flexibility index (Phi) is 10.3. The summed E-state index contributed by atoms with van der Waals surface area (Å²) in [5.41, 5.74) is -1.30. The van der Waals surface area contributed by atoms with Gasteiger partial charge in [-0.05, 0) is 36.4 Å². The van der Waals surface area contributed by atoms with Gasteiger partial charge in [0.2, 0.25) is 0 Å². The maximum atomic E-state index is 13.4. The zero-order valence-corrected chi connectivity index (χ0v) is 17.2. The Balaban J connectivity index is 0.000000320. The molecule has 172 valence electrons. The number of allylic oxidation sites excluding steroid dienone is 2. The second-order valence-electron chi connectivity index (χ2n) is 5.36. The first-order valence-electron chi connectivity index (χ1n) is 8.13. The normalized spacial score (nSPS) is 10.3. The van der Waals surface area contributed by atoms with Crippen LogP contribution < -0.4 is 9.47 Å². The van der Waals surface area contributed by atoms with E-state index < -0.39 is 59.0 Å². The van der Waals surface area contributed by atoms with Gasteiger partial charge in [-0.3, -0.25) is 9.59 Å². The third kappa shape index (κ3) is 7.03. The predicted molar refractivity (Wildman–Crippen MR) is 105 cm³/mol. The van der Waals surface area contributed by atoms with E-state index in [4.69, 9.17) is 23.2 Å². The Labute approximate surface area is 187 Å². The molecule has 0 bridgehead atoms. The number of carbonyl (C=O) groups is 2. The van der Waals surface area contributed by atoms with Crippen molar-refractivity contribution < 1.29 is 45.4 Å². The highest BCUT2D eigenvalue weighted by molar-refractivity contribution is 6.31. The fourth-order valence-electron chi connectivity index (χ4n) is 2.12. The van der Waals surface area contributed by atoms with Crippen molar-refractivity contribution in [3.05, 3.63) is 82.4 Å². The molecule has 0 aliphatic heterocycles. The molecule has 0 radical (unpaired) electrons. The van der Waals surface area contributed by atoms with Crippen LogP contribution in [-0.2, 0) is 0 Å². The smallest absolute Gasteiger partial charge is 0.387 e. The number of carbonyl (C=O) groups excluding carboxylic acids is 2. The lowest BCUT2D eigenvalue weighted by atomic mass is 10.1. The van der Waals surface area contributed by atoms with Crippen LogP contribution in [0, 0.1) is 11.6 Å². The lowest BCUT2D eigenvalue weighted by molar-refractivity contribution is -0.0510. The van der Waals surface area contributed by atoms with E-state index in [0.29, 0.717) is 0 Å². The number of ether oxygens (including phenoxy) is 2. The fourth-order valence-corrected chi connectivity index (χ4v) is 2.43. The molecule has 0 spiro atoms. The van der Waals surface area contributed by atoms with Crippen molar-refractivity contribution >= 4 is 34.8 Å². The number of hydrogen-bond donors (Lipinski definition) is 0. The molecular formula is C20H12Cl2F6O4. The summed E-state index contributed by atoms with van der Waals surface area (Å²) in [6.07, 6.45) is 1.57. The van der Waals surface area contributed by atoms with Crippen LogP contribution in [-0.4, -0.2) is 24.8 Å². The van der Waals surface area contributed by atoms with Crippen molar-refractivity contribution in [3.8, 4) is 11.5 Å². The minimum Gasteiger partial charge on any atom is -0.434 e. The molecule has 0 N–H and O–H groups in total. The quantitative estimate of drug-likeness (QED) is 0.225. The Morgan fingerprint density at radius 1 is 0.750 bits per heavy atom. The van der Waals surface area contributed by atoms with Gasteiger partial charge in [0.15, 0.2) is 23.2 Å². The summed E-state index contributed by atoms with van der Waals surface area (Å²) in [6.45, 7) is -0.0599. The van der Waals surface area contributed by atoms with Gasteiger partial charge in [0.25, 0.3) is 0 Å². The molecule has 0 atom stereocenters. The van der Waals surface area contributed by atoms with E-state index in [9.17, 15) is 35.9 Å². The SMILES string of the molecule is C=CC(=O)c1c(OC(F)F)ccc(Cl)c1F.C=CC(=O)c1c(OC(F)F)ccc(Cl)c1F. The first-order valence-corrected chi connectivity index (χ1v) is 8.89. The molecule has 32 heavy (non-hydrogen) atoms. The molecule has 0 saturated carbocycles. The van der Waals surface area contributed by atoms with Gasteiger partial charge in [0.05, 0.1) is 10.0 Å². The van der Waals surface area contributed by atoms with Gasteiger partial charge in [0, 0.05) is 0 Å².